The fourth-order valence-corrected chi connectivity index (χ4v) is 2.07. The van der Waals surface area contributed by atoms with Crippen LogP contribution in [0.25, 0.3) is 11.4 Å². The Morgan fingerprint density at radius 3 is 2.89 bits per heavy atom. The predicted molar refractivity (Wildman–Crippen MR) is 79.3 cm³/mol. The summed E-state index contributed by atoms with van der Waals surface area (Å²) in [5.74, 6) is 1.21. The monoisotopic (exact) mass is 343 g/mol. The average molecular weight is 345 g/mol. The Balaban J connectivity index is 2.05. The van der Waals surface area contributed by atoms with Crippen molar-refractivity contribution in [3.05, 3.63) is 33.6 Å². The second-order valence-electron chi connectivity index (χ2n) is 4.50. The molecule has 1 aromatic heterocycles. The van der Waals surface area contributed by atoms with Gasteiger partial charge in [0.25, 0.3) is 0 Å². The molecule has 0 unspecified atom stereocenters. The van der Waals surface area contributed by atoms with Crippen LogP contribution in [0.2, 0.25) is 5.02 Å². The zero-order valence-electron chi connectivity index (χ0n) is 10.8. The molecule has 0 radical (unpaired) electrons. The minimum Gasteiger partial charge on any atom is -0.339 e. The standard InChI is InChI=1S/C13H15BrClN3O/c1-8(2)16-6-5-12-17-13(18-19-12)9-3-4-11(15)10(14)7-9/h3-4,7-8,16H,5-6H2,1-2H3. The predicted octanol–water partition coefficient (Wildman–Crippen LogP) is 3.69. The van der Waals surface area contributed by atoms with Crippen molar-refractivity contribution in [1.29, 1.82) is 0 Å². The highest BCUT2D eigenvalue weighted by atomic mass is 79.9. The fourth-order valence-electron chi connectivity index (χ4n) is 1.58. The lowest BCUT2D eigenvalue weighted by atomic mass is 10.2. The van der Waals surface area contributed by atoms with Crippen LogP contribution in [0.3, 0.4) is 0 Å². The van der Waals surface area contributed by atoms with Crippen LogP contribution >= 0.6 is 27.5 Å². The molecular formula is C13H15BrClN3O. The first kappa shape index (κ1) is 14.5. The first-order chi connectivity index (χ1) is 9.06. The molecule has 2 aromatic rings. The van der Waals surface area contributed by atoms with Gasteiger partial charge in [0.05, 0.1) is 5.02 Å². The molecule has 0 aliphatic heterocycles. The molecule has 0 saturated heterocycles. The van der Waals surface area contributed by atoms with Crippen molar-refractivity contribution >= 4 is 27.5 Å². The van der Waals surface area contributed by atoms with Gasteiger partial charge in [-0.2, -0.15) is 4.98 Å². The van der Waals surface area contributed by atoms with Crippen molar-refractivity contribution in [2.75, 3.05) is 6.54 Å². The van der Waals surface area contributed by atoms with E-state index in [-0.39, 0.29) is 0 Å². The van der Waals surface area contributed by atoms with Crippen LogP contribution in [0.1, 0.15) is 19.7 Å². The second kappa shape index (κ2) is 6.50. The van der Waals surface area contributed by atoms with Crippen molar-refractivity contribution in [3.8, 4) is 11.4 Å². The summed E-state index contributed by atoms with van der Waals surface area (Å²) in [6.07, 6.45) is 0.722. The van der Waals surface area contributed by atoms with Gasteiger partial charge in [0.2, 0.25) is 11.7 Å². The van der Waals surface area contributed by atoms with E-state index in [0.29, 0.717) is 22.8 Å². The summed E-state index contributed by atoms with van der Waals surface area (Å²) in [6.45, 7) is 5.03. The maximum atomic E-state index is 5.95. The van der Waals surface area contributed by atoms with E-state index in [1.165, 1.54) is 0 Å². The Morgan fingerprint density at radius 2 is 2.21 bits per heavy atom. The number of hydrogen-bond donors (Lipinski definition) is 1. The van der Waals surface area contributed by atoms with Gasteiger partial charge in [-0.1, -0.05) is 30.6 Å². The largest absolute Gasteiger partial charge is 0.339 e. The van der Waals surface area contributed by atoms with Crippen LogP contribution in [-0.4, -0.2) is 22.7 Å². The molecule has 102 valence electrons. The molecule has 1 N–H and O–H groups in total. The summed E-state index contributed by atoms with van der Waals surface area (Å²) in [7, 11) is 0. The molecule has 0 fully saturated rings. The summed E-state index contributed by atoms with van der Waals surface area (Å²) in [6, 6.07) is 6.00. The third kappa shape index (κ3) is 4.03. The van der Waals surface area contributed by atoms with E-state index in [0.717, 1.165) is 23.0 Å². The molecule has 4 nitrogen and oxygen atoms in total. The smallest absolute Gasteiger partial charge is 0.228 e. The topological polar surface area (TPSA) is 51.0 Å². The lowest BCUT2D eigenvalue weighted by molar-refractivity contribution is 0.374. The van der Waals surface area contributed by atoms with Crippen LogP contribution in [0.4, 0.5) is 0 Å². The molecular weight excluding hydrogens is 330 g/mol. The average Bonchev–Trinajstić information content (AvgIpc) is 2.81. The highest BCUT2D eigenvalue weighted by Gasteiger charge is 2.10. The van der Waals surface area contributed by atoms with Crippen molar-refractivity contribution < 1.29 is 4.52 Å². The van der Waals surface area contributed by atoms with Crippen LogP contribution in [-0.2, 0) is 6.42 Å². The van der Waals surface area contributed by atoms with Crippen LogP contribution in [0, 0.1) is 0 Å². The van der Waals surface area contributed by atoms with Gasteiger partial charge in [0.15, 0.2) is 0 Å². The number of hydrogen-bond acceptors (Lipinski definition) is 4. The molecule has 0 atom stereocenters. The van der Waals surface area contributed by atoms with Crippen molar-refractivity contribution in [3.63, 3.8) is 0 Å². The van der Waals surface area contributed by atoms with E-state index in [1.54, 1.807) is 6.07 Å². The number of benzene rings is 1. The molecule has 19 heavy (non-hydrogen) atoms. The van der Waals surface area contributed by atoms with Gasteiger partial charge in [-0.15, -0.1) is 0 Å². The van der Waals surface area contributed by atoms with E-state index < -0.39 is 0 Å². The maximum Gasteiger partial charge on any atom is 0.228 e. The zero-order chi connectivity index (χ0) is 13.8. The lowest BCUT2D eigenvalue weighted by Crippen LogP contribution is -2.25. The normalized spacial score (nSPS) is 11.2. The summed E-state index contributed by atoms with van der Waals surface area (Å²) < 4.78 is 6.04. The third-order valence-corrected chi connectivity index (χ3v) is 3.75. The zero-order valence-corrected chi connectivity index (χ0v) is 13.1. The van der Waals surface area contributed by atoms with E-state index in [4.69, 9.17) is 16.1 Å². The van der Waals surface area contributed by atoms with E-state index in [2.05, 4.69) is 45.2 Å². The highest BCUT2D eigenvalue weighted by Crippen LogP contribution is 2.27. The van der Waals surface area contributed by atoms with E-state index >= 15 is 0 Å². The first-order valence-electron chi connectivity index (χ1n) is 6.07. The van der Waals surface area contributed by atoms with E-state index in [9.17, 15) is 0 Å². The summed E-state index contributed by atoms with van der Waals surface area (Å²) in [4.78, 5) is 4.37. The summed E-state index contributed by atoms with van der Waals surface area (Å²) in [5.41, 5.74) is 0.878. The van der Waals surface area contributed by atoms with Crippen molar-refractivity contribution in [1.82, 2.24) is 15.5 Å². The fraction of sp³-hybridized carbons (Fsp3) is 0.385. The first-order valence-corrected chi connectivity index (χ1v) is 7.24. The maximum absolute atomic E-state index is 5.95. The summed E-state index contributed by atoms with van der Waals surface area (Å²) >= 11 is 9.33. The third-order valence-electron chi connectivity index (χ3n) is 2.54. The van der Waals surface area contributed by atoms with Crippen molar-refractivity contribution in [2.45, 2.75) is 26.3 Å². The highest BCUT2D eigenvalue weighted by molar-refractivity contribution is 9.10. The Morgan fingerprint density at radius 1 is 1.42 bits per heavy atom. The van der Waals surface area contributed by atoms with Gasteiger partial charge in [-0.05, 0) is 34.1 Å². The molecule has 0 amide bonds. The van der Waals surface area contributed by atoms with Gasteiger partial charge in [-0.25, -0.2) is 0 Å². The quantitative estimate of drug-likeness (QED) is 0.898. The Kier molecular flexibility index (Phi) is 4.96. The van der Waals surface area contributed by atoms with Crippen LogP contribution < -0.4 is 5.32 Å². The SMILES string of the molecule is CC(C)NCCc1nc(-c2ccc(Cl)c(Br)c2)no1. The number of nitrogens with one attached hydrogen (secondary N) is 1. The van der Waals surface area contributed by atoms with E-state index in [1.807, 2.05) is 12.1 Å². The molecule has 0 spiro atoms. The number of rotatable bonds is 5. The summed E-state index contributed by atoms with van der Waals surface area (Å²) in [5, 5.41) is 7.94. The molecule has 1 aromatic carbocycles. The van der Waals surface area contributed by atoms with Gasteiger partial charge in [0, 0.05) is 29.0 Å². The minimum absolute atomic E-state index is 0.453. The molecule has 0 aliphatic rings. The number of aromatic nitrogens is 2. The number of nitrogens with zero attached hydrogens (tertiary/aromatic N) is 2. The molecule has 6 heteroatoms. The Hall–Kier alpha value is -0.910. The lowest BCUT2D eigenvalue weighted by Gasteiger charge is -2.04. The van der Waals surface area contributed by atoms with Gasteiger partial charge in [0.1, 0.15) is 0 Å². The molecule has 0 saturated carbocycles. The number of halogens is 2. The van der Waals surface area contributed by atoms with Gasteiger partial charge < -0.3 is 9.84 Å². The van der Waals surface area contributed by atoms with Crippen molar-refractivity contribution in [2.24, 2.45) is 0 Å². The molecule has 2 rings (SSSR count). The van der Waals surface area contributed by atoms with Gasteiger partial charge in [-0.3, -0.25) is 0 Å². The Bertz CT molecular complexity index is 557. The molecule has 0 bridgehead atoms. The minimum atomic E-state index is 0.453. The molecule has 1 heterocycles. The molecule has 0 aliphatic carbocycles. The second-order valence-corrected chi connectivity index (χ2v) is 5.76. The Labute approximate surface area is 125 Å². The van der Waals surface area contributed by atoms with Crippen LogP contribution in [0.5, 0.6) is 0 Å². The van der Waals surface area contributed by atoms with Crippen LogP contribution in [0.15, 0.2) is 27.2 Å². The van der Waals surface area contributed by atoms with Gasteiger partial charge >= 0.3 is 0 Å².